The van der Waals surface area contributed by atoms with Gasteiger partial charge < -0.3 is 10.1 Å². The Morgan fingerprint density at radius 1 is 1.45 bits per heavy atom. The minimum Gasteiger partial charge on any atom is -0.481 e. The minimum absolute atomic E-state index is 0.238. The molecule has 2 rings (SSSR count). The molecule has 0 spiro atoms. The molecule has 1 aromatic carbocycles. The Balaban J connectivity index is 2.02. The molecule has 0 aliphatic heterocycles. The number of amides is 1. The Morgan fingerprint density at radius 2 is 2.20 bits per heavy atom. The number of halogens is 1. The van der Waals surface area contributed by atoms with Crippen molar-refractivity contribution in [3.05, 3.63) is 40.7 Å². The predicted octanol–water partition coefficient (Wildman–Crippen LogP) is 3.09. The number of rotatable bonds is 4. The highest BCUT2D eigenvalue weighted by atomic mass is 35.5. The summed E-state index contributed by atoms with van der Waals surface area (Å²) in [5.74, 6) is 0.318. The molecule has 0 bridgehead atoms. The van der Waals surface area contributed by atoms with Crippen LogP contribution in [0.2, 0.25) is 5.02 Å². The van der Waals surface area contributed by atoms with E-state index in [4.69, 9.17) is 16.3 Å². The lowest BCUT2D eigenvalue weighted by Gasteiger charge is -2.15. The van der Waals surface area contributed by atoms with Crippen LogP contribution in [0.5, 0.6) is 5.75 Å². The van der Waals surface area contributed by atoms with Crippen molar-refractivity contribution >= 4 is 23.2 Å². The van der Waals surface area contributed by atoms with Crippen molar-refractivity contribution in [1.82, 2.24) is 10.2 Å². The number of aromatic amines is 1. The zero-order valence-electron chi connectivity index (χ0n) is 11.5. The van der Waals surface area contributed by atoms with E-state index >= 15 is 0 Å². The van der Waals surface area contributed by atoms with Crippen LogP contribution in [0.1, 0.15) is 18.3 Å². The fourth-order valence-electron chi connectivity index (χ4n) is 1.76. The number of carbonyl (C=O) groups excluding carboxylic acids is 1. The summed E-state index contributed by atoms with van der Waals surface area (Å²) in [5, 5.41) is 10.2. The molecule has 20 heavy (non-hydrogen) atoms. The van der Waals surface area contributed by atoms with E-state index in [0.29, 0.717) is 16.5 Å². The topological polar surface area (TPSA) is 67.0 Å². The van der Waals surface area contributed by atoms with E-state index in [1.54, 1.807) is 31.2 Å². The minimum atomic E-state index is -0.637. The summed E-state index contributed by atoms with van der Waals surface area (Å²) >= 11 is 5.87. The van der Waals surface area contributed by atoms with Crippen LogP contribution in [0.15, 0.2) is 24.3 Å². The van der Waals surface area contributed by atoms with Crippen molar-refractivity contribution in [3.8, 4) is 5.75 Å². The van der Waals surface area contributed by atoms with E-state index in [1.807, 2.05) is 13.8 Å². The van der Waals surface area contributed by atoms with Crippen LogP contribution in [-0.2, 0) is 4.79 Å². The lowest BCUT2D eigenvalue weighted by Crippen LogP contribution is -2.30. The maximum absolute atomic E-state index is 12.1. The van der Waals surface area contributed by atoms with Gasteiger partial charge in [-0.3, -0.25) is 9.89 Å². The fourth-order valence-corrected chi connectivity index (χ4v) is 1.94. The van der Waals surface area contributed by atoms with Crippen molar-refractivity contribution in [2.45, 2.75) is 26.9 Å². The van der Waals surface area contributed by atoms with Crippen molar-refractivity contribution in [3.63, 3.8) is 0 Å². The lowest BCUT2D eigenvalue weighted by molar-refractivity contribution is -0.122. The van der Waals surface area contributed by atoms with E-state index in [-0.39, 0.29) is 5.91 Å². The highest BCUT2D eigenvalue weighted by Crippen LogP contribution is 2.20. The van der Waals surface area contributed by atoms with E-state index in [9.17, 15) is 4.79 Å². The Bertz CT molecular complexity index is 605. The lowest BCUT2D eigenvalue weighted by atomic mass is 10.3. The average molecular weight is 294 g/mol. The van der Waals surface area contributed by atoms with E-state index < -0.39 is 6.10 Å². The van der Waals surface area contributed by atoms with Crippen molar-refractivity contribution in [2.24, 2.45) is 0 Å². The molecule has 1 atom stereocenters. The quantitative estimate of drug-likeness (QED) is 0.910. The fraction of sp³-hybridized carbons (Fsp3) is 0.286. The normalized spacial score (nSPS) is 12.0. The molecule has 2 N–H and O–H groups in total. The summed E-state index contributed by atoms with van der Waals surface area (Å²) in [7, 11) is 0. The third kappa shape index (κ3) is 3.30. The van der Waals surface area contributed by atoms with E-state index in [1.165, 1.54) is 0 Å². The van der Waals surface area contributed by atoms with Crippen LogP contribution in [-0.4, -0.2) is 22.2 Å². The van der Waals surface area contributed by atoms with Gasteiger partial charge in [0.15, 0.2) is 6.10 Å². The number of ether oxygens (including phenoxy) is 1. The van der Waals surface area contributed by atoms with Gasteiger partial charge in [0.1, 0.15) is 5.75 Å². The van der Waals surface area contributed by atoms with Gasteiger partial charge in [-0.2, -0.15) is 5.10 Å². The second-order valence-electron chi connectivity index (χ2n) is 4.52. The summed E-state index contributed by atoms with van der Waals surface area (Å²) in [5.41, 5.74) is 2.24. The summed E-state index contributed by atoms with van der Waals surface area (Å²) in [6.07, 6.45) is -0.637. The second-order valence-corrected chi connectivity index (χ2v) is 4.95. The number of nitrogens with one attached hydrogen (secondary N) is 2. The molecule has 6 heteroatoms. The molecular formula is C14H16ClN3O2. The zero-order valence-corrected chi connectivity index (χ0v) is 12.3. The molecule has 0 aliphatic carbocycles. The number of hydrogen-bond donors (Lipinski definition) is 2. The summed E-state index contributed by atoms with van der Waals surface area (Å²) in [6.45, 7) is 5.35. The molecule has 0 radical (unpaired) electrons. The Hall–Kier alpha value is -2.01. The number of benzene rings is 1. The maximum Gasteiger partial charge on any atom is 0.265 e. The number of aryl methyl sites for hydroxylation is 2. The third-order valence-electron chi connectivity index (χ3n) is 2.85. The summed E-state index contributed by atoms with van der Waals surface area (Å²) < 4.78 is 5.56. The summed E-state index contributed by atoms with van der Waals surface area (Å²) in [6, 6.07) is 6.94. The number of carbonyl (C=O) groups is 1. The van der Waals surface area contributed by atoms with Crippen LogP contribution in [0.4, 0.5) is 5.69 Å². The zero-order chi connectivity index (χ0) is 14.7. The van der Waals surface area contributed by atoms with Gasteiger partial charge in [-0.1, -0.05) is 17.7 Å². The predicted molar refractivity (Wildman–Crippen MR) is 78.2 cm³/mol. The highest BCUT2D eigenvalue weighted by Gasteiger charge is 2.17. The van der Waals surface area contributed by atoms with E-state index in [0.717, 1.165) is 11.4 Å². The molecule has 1 amide bonds. The number of anilines is 1. The molecule has 2 aromatic rings. The van der Waals surface area contributed by atoms with Gasteiger partial charge in [0.25, 0.3) is 5.91 Å². The molecule has 1 heterocycles. The molecule has 0 saturated carbocycles. The molecule has 1 unspecified atom stereocenters. The van der Waals surface area contributed by atoms with E-state index in [2.05, 4.69) is 15.5 Å². The monoisotopic (exact) mass is 293 g/mol. The SMILES string of the molecule is Cc1n[nH]c(C)c1NC(=O)C(C)Oc1cccc(Cl)c1. The largest absolute Gasteiger partial charge is 0.481 e. The van der Waals surface area contributed by atoms with Crippen molar-refractivity contribution in [1.29, 1.82) is 0 Å². The van der Waals surface area contributed by atoms with Gasteiger partial charge in [0.2, 0.25) is 0 Å². The molecule has 0 aliphatic rings. The molecule has 5 nitrogen and oxygen atoms in total. The van der Waals surface area contributed by atoms with Crippen LogP contribution < -0.4 is 10.1 Å². The first-order chi connectivity index (χ1) is 9.47. The van der Waals surface area contributed by atoms with Gasteiger partial charge in [0, 0.05) is 5.02 Å². The maximum atomic E-state index is 12.1. The van der Waals surface area contributed by atoms with Gasteiger partial charge in [-0.15, -0.1) is 0 Å². The van der Waals surface area contributed by atoms with Gasteiger partial charge >= 0.3 is 0 Å². The number of aromatic nitrogens is 2. The van der Waals surface area contributed by atoms with Gasteiger partial charge in [-0.05, 0) is 39.0 Å². The molecule has 0 saturated heterocycles. The molecule has 0 fully saturated rings. The van der Waals surface area contributed by atoms with Crippen LogP contribution >= 0.6 is 11.6 Å². The average Bonchev–Trinajstić information content (AvgIpc) is 2.70. The third-order valence-corrected chi connectivity index (χ3v) is 3.09. The first kappa shape index (κ1) is 14.4. The van der Waals surface area contributed by atoms with Crippen molar-refractivity contribution < 1.29 is 9.53 Å². The standard InChI is InChI=1S/C14H16ClN3O2/c1-8-13(9(2)18-17-8)16-14(19)10(3)20-12-6-4-5-11(15)7-12/h4-7,10H,1-3H3,(H,16,19)(H,17,18). The highest BCUT2D eigenvalue weighted by molar-refractivity contribution is 6.30. The van der Waals surface area contributed by atoms with Gasteiger partial charge in [0.05, 0.1) is 17.1 Å². The van der Waals surface area contributed by atoms with Crippen LogP contribution in [0.3, 0.4) is 0 Å². The first-order valence-electron chi connectivity index (χ1n) is 6.22. The Morgan fingerprint density at radius 3 is 2.80 bits per heavy atom. The Labute approximate surface area is 122 Å². The van der Waals surface area contributed by atoms with Gasteiger partial charge in [-0.25, -0.2) is 0 Å². The number of H-pyrrole nitrogens is 1. The molecule has 106 valence electrons. The van der Waals surface area contributed by atoms with Crippen LogP contribution in [0.25, 0.3) is 0 Å². The smallest absolute Gasteiger partial charge is 0.265 e. The number of nitrogens with zero attached hydrogens (tertiary/aromatic N) is 1. The van der Waals surface area contributed by atoms with Crippen molar-refractivity contribution in [2.75, 3.05) is 5.32 Å². The Kier molecular flexibility index (Phi) is 4.29. The van der Waals surface area contributed by atoms with Crippen LogP contribution in [0, 0.1) is 13.8 Å². The molecular weight excluding hydrogens is 278 g/mol. The molecule has 1 aromatic heterocycles. The second kappa shape index (κ2) is 5.96. The number of hydrogen-bond acceptors (Lipinski definition) is 3. The first-order valence-corrected chi connectivity index (χ1v) is 6.60. The summed E-state index contributed by atoms with van der Waals surface area (Å²) in [4.78, 5) is 12.1.